The lowest BCUT2D eigenvalue weighted by Gasteiger charge is -2.14. The van der Waals surface area contributed by atoms with Crippen LogP contribution in [0, 0.1) is 6.92 Å². The Balaban J connectivity index is 3.40. The highest BCUT2D eigenvalue weighted by molar-refractivity contribution is 5.95. The number of halogens is 3. The van der Waals surface area contributed by atoms with Gasteiger partial charge in [0.25, 0.3) is 5.91 Å². The molecule has 0 aromatic heterocycles. The molecule has 0 heterocycles. The van der Waals surface area contributed by atoms with Crippen LogP contribution in [-0.2, 0) is 6.18 Å². The third-order valence-electron chi connectivity index (χ3n) is 1.93. The number of alkyl halides is 3. The van der Waals surface area contributed by atoms with E-state index in [0.717, 1.165) is 6.07 Å². The lowest BCUT2D eigenvalue weighted by molar-refractivity contribution is -0.138. The van der Waals surface area contributed by atoms with Gasteiger partial charge in [0.1, 0.15) is 0 Å². The van der Waals surface area contributed by atoms with Gasteiger partial charge in [-0.2, -0.15) is 13.2 Å². The van der Waals surface area contributed by atoms with Gasteiger partial charge in [0.2, 0.25) is 0 Å². The SMILES string of the molecule is Cc1cccc(C(=O)NN)c1C(F)(F)F. The number of rotatable bonds is 1. The third-order valence-corrected chi connectivity index (χ3v) is 1.93. The van der Waals surface area contributed by atoms with Crippen LogP contribution in [0.5, 0.6) is 0 Å². The minimum Gasteiger partial charge on any atom is -0.290 e. The Hall–Kier alpha value is -1.56. The summed E-state index contributed by atoms with van der Waals surface area (Å²) >= 11 is 0. The second-order valence-corrected chi connectivity index (χ2v) is 2.97. The number of aryl methyl sites for hydroxylation is 1. The van der Waals surface area contributed by atoms with Crippen LogP contribution >= 0.6 is 0 Å². The van der Waals surface area contributed by atoms with E-state index in [1.54, 1.807) is 5.43 Å². The minimum atomic E-state index is -4.56. The number of benzene rings is 1. The summed E-state index contributed by atoms with van der Waals surface area (Å²) in [6, 6.07) is 3.74. The smallest absolute Gasteiger partial charge is 0.290 e. The Morgan fingerprint density at radius 3 is 2.47 bits per heavy atom. The summed E-state index contributed by atoms with van der Waals surface area (Å²) in [5.74, 6) is 3.85. The molecule has 1 aromatic carbocycles. The van der Waals surface area contributed by atoms with Gasteiger partial charge in [-0.15, -0.1) is 0 Å². The summed E-state index contributed by atoms with van der Waals surface area (Å²) in [5.41, 5.74) is 0.253. The topological polar surface area (TPSA) is 55.1 Å². The molecule has 0 saturated heterocycles. The van der Waals surface area contributed by atoms with Crippen molar-refractivity contribution >= 4 is 5.91 Å². The Kier molecular flexibility index (Phi) is 2.99. The quantitative estimate of drug-likeness (QED) is 0.427. The van der Waals surface area contributed by atoms with Crippen LogP contribution in [0.4, 0.5) is 13.2 Å². The number of nitrogens with one attached hydrogen (secondary N) is 1. The van der Waals surface area contributed by atoms with E-state index in [-0.39, 0.29) is 5.56 Å². The monoisotopic (exact) mass is 218 g/mol. The number of hydrogen-bond donors (Lipinski definition) is 2. The Labute approximate surface area is 84.0 Å². The lowest BCUT2D eigenvalue weighted by atomic mass is 10.0. The third kappa shape index (κ3) is 2.27. The van der Waals surface area contributed by atoms with Crippen molar-refractivity contribution in [2.45, 2.75) is 13.1 Å². The van der Waals surface area contributed by atoms with E-state index in [1.807, 2.05) is 0 Å². The zero-order chi connectivity index (χ0) is 11.6. The number of nitrogens with two attached hydrogens (primary N) is 1. The number of hydrogen-bond acceptors (Lipinski definition) is 2. The normalized spacial score (nSPS) is 11.3. The summed E-state index contributed by atoms with van der Waals surface area (Å²) in [6.45, 7) is 1.29. The van der Waals surface area contributed by atoms with Gasteiger partial charge < -0.3 is 0 Å². The molecule has 0 aliphatic rings. The largest absolute Gasteiger partial charge is 0.417 e. The zero-order valence-electron chi connectivity index (χ0n) is 7.85. The van der Waals surface area contributed by atoms with Crippen LogP contribution < -0.4 is 11.3 Å². The first-order valence-corrected chi connectivity index (χ1v) is 4.05. The van der Waals surface area contributed by atoms with E-state index in [0.29, 0.717) is 0 Å². The number of carbonyl (C=O) groups excluding carboxylic acids is 1. The fourth-order valence-corrected chi connectivity index (χ4v) is 1.31. The molecule has 82 valence electrons. The lowest BCUT2D eigenvalue weighted by Crippen LogP contribution is -2.32. The molecule has 1 aromatic rings. The molecule has 6 heteroatoms. The second-order valence-electron chi connectivity index (χ2n) is 2.97. The first-order chi connectivity index (χ1) is 6.88. The maximum absolute atomic E-state index is 12.6. The molecule has 3 nitrogen and oxygen atoms in total. The molecule has 0 unspecified atom stereocenters. The van der Waals surface area contributed by atoms with Gasteiger partial charge in [-0.25, -0.2) is 5.84 Å². The van der Waals surface area contributed by atoms with Gasteiger partial charge >= 0.3 is 6.18 Å². The summed E-state index contributed by atoms with van der Waals surface area (Å²) in [6.07, 6.45) is -4.56. The fourth-order valence-electron chi connectivity index (χ4n) is 1.31. The first kappa shape index (κ1) is 11.5. The molecule has 0 atom stereocenters. The van der Waals surface area contributed by atoms with Gasteiger partial charge in [-0.1, -0.05) is 12.1 Å². The Bertz CT molecular complexity index is 387. The maximum Gasteiger partial charge on any atom is 0.417 e. The van der Waals surface area contributed by atoms with Crippen LogP contribution in [0.1, 0.15) is 21.5 Å². The summed E-state index contributed by atoms with van der Waals surface area (Å²) in [5, 5.41) is 0. The van der Waals surface area contributed by atoms with E-state index in [1.165, 1.54) is 19.1 Å². The molecule has 0 saturated carbocycles. The molecular weight excluding hydrogens is 209 g/mol. The van der Waals surface area contributed by atoms with Crippen molar-refractivity contribution in [3.8, 4) is 0 Å². The number of hydrazine groups is 1. The standard InChI is InChI=1S/C9H9F3N2O/c1-5-3-2-4-6(8(15)14-13)7(5)9(10,11)12/h2-4H,13H2,1H3,(H,14,15). The van der Waals surface area contributed by atoms with E-state index >= 15 is 0 Å². The average Bonchev–Trinajstić information content (AvgIpc) is 2.14. The predicted molar refractivity (Wildman–Crippen MR) is 47.8 cm³/mol. The van der Waals surface area contributed by atoms with Crippen LogP contribution in [-0.4, -0.2) is 5.91 Å². The average molecular weight is 218 g/mol. The highest BCUT2D eigenvalue weighted by atomic mass is 19.4. The van der Waals surface area contributed by atoms with Crippen molar-refractivity contribution in [3.05, 3.63) is 34.9 Å². The molecule has 0 spiro atoms. The van der Waals surface area contributed by atoms with Gasteiger partial charge in [0.05, 0.1) is 11.1 Å². The summed E-state index contributed by atoms with van der Waals surface area (Å²) in [7, 11) is 0. The highest BCUT2D eigenvalue weighted by Crippen LogP contribution is 2.34. The molecular formula is C9H9F3N2O. The van der Waals surface area contributed by atoms with Gasteiger partial charge in [0, 0.05) is 0 Å². The van der Waals surface area contributed by atoms with Crippen molar-refractivity contribution in [3.63, 3.8) is 0 Å². The molecule has 0 bridgehead atoms. The van der Waals surface area contributed by atoms with Crippen LogP contribution in [0.2, 0.25) is 0 Å². The van der Waals surface area contributed by atoms with Crippen molar-refractivity contribution in [2.24, 2.45) is 5.84 Å². The molecule has 3 N–H and O–H groups in total. The van der Waals surface area contributed by atoms with Gasteiger partial charge in [0.15, 0.2) is 0 Å². The summed E-state index contributed by atoms with van der Waals surface area (Å²) in [4.78, 5) is 11.1. The molecule has 1 amide bonds. The van der Waals surface area contributed by atoms with Gasteiger partial charge in [-0.05, 0) is 18.6 Å². The molecule has 15 heavy (non-hydrogen) atoms. The number of nitrogen functional groups attached to an aromatic ring is 1. The van der Waals surface area contributed by atoms with Crippen molar-refractivity contribution in [2.75, 3.05) is 0 Å². The van der Waals surface area contributed by atoms with Crippen molar-refractivity contribution in [1.82, 2.24) is 5.43 Å². The fraction of sp³-hybridized carbons (Fsp3) is 0.222. The number of amides is 1. The van der Waals surface area contributed by atoms with Crippen molar-refractivity contribution < 1.29 is 18.0 Å². The highest BCUT2D eigenvalue weighted by Gasteiger charge is 2.36. The molecule has 0 aliphatic heterocycles. The van der Waals surface area contributed by atoms with E-state index in [9.17, 15) is 18.0 Å². The minimum absolute atomic E-state index is 0.0106. The van der Waals surface area contributed by atoms with Crippen LogP contribution in [0.15, 0.2) is 18.2 Å². The van der Waals surface area contributed by atoms with Crippen molar-refractivity contribution in [1.29, 1.82) is 0 Å². The van der Waals surface area contributed by atoms with E-state index in [2.05, 4.69) is 0 Å². The number of carbonyl (C=O) groups is 1. The first-order valence-electron chi connectivity index (χ1n) is 4.05. The molecule has 0 fully saturated rings. The Morgan fingerprint density at radius 2 is 2.00 bits per heavy atom. The molecule has 0 aliphatic carbocycles. The van der Waals surface area contributed by atoms with Crippen LogP contribution in [0.3, 0.4) is 0 Å². The van der Waals surface area contributed by atoms with E-state index in [4.69, 9.17) is 5.84 Å². The van der Waals surface area contributed by atoms with E-state index < -0.39 is 23.2 Å². The zero-order valence-corrected chi connectivity index (χ0v) is 7.85. The predicted octanol–water partition coefficient (Wildman–Crippen LogP) is 1.62. The second kappa shape index (κ2) is 3.90. The maximum atomic E-state index is 12.6. The molecule has 1 rings (SSSR count). The molecule has 0 radical (unpaired) electrons. The van der Waals surface area contributed by atoms with Crippen LogP contribution in [0.25, 0.3) is 0 Å². The van der Waals surface area contributed by atoms with Gasteiger partial charge in [-0.3, -0.25) is 10.2 Å². The Morgan fingerprint density at radius 1 is 1.40 bits per heavy atom. The summed E-state index contributed by atoms with van der Waals surface area (Å²) < 4.78 is 37.8.